The summed E-state index contributed by atoms with van der Waals surface area (Å²) in [6, 6.07) is 1.89. The van der Waals surface area contributed by atoms with Crippen LogP contribution in [0.15, 0.2) is 23.1 Å². The Morgan fingerprint density at radius 2 is 2.43 bits per heavy atom. The minimum Gasteiger partial charge on any atom is -0.377 e. The molecule has 1 aliphatic heterocycles. The number of rotatable bonds is 5. The summed E-state index contributed by atoms with van der Waals surface area (Å²) in [5.74, 6) is 2.02. The first-order valence-electron chi connectivity index (χ1n) is 6.78. The van der Waals surface area contributed by atoms with Crippen molar-refractivity contribution in [3.8, 4) is 0 Å². The van der Waals surface area contributed by atoms with Gasteiger partial charge in [0.25, 0.3) is 0 Å². The Morgan fingerprint density at radius 3 is 3.24 bits per heavy atom. The number of morpholine rings is 1. The van der Waals surface area contributed by atoms with E-state index in [9.17, 15) is 0 Å². The normalized spacial score (nSPS) is 18.9. The molecule has 3 heterocycles. The standard InChI is InChI=1S/C13H17N5O3/c1-19-8-11-16-13(21-17-11)6-10-7-18(4-5-20-10)12-2-3-14-9-15-12/h2-3,9-10H,4-8H2,1H3/t10-/m0/s1. The van der Waals surface area contributed by atoms with E-state index in [1.54, 1.807) is 19.6 Å². The van der Waals surface area contributed by atoms with Gasteiger partial charge in [-0.15, -0.1) is 0 Å². The lowest BCUT2D eigenvalue weighted by molar-refractivity contribution is 0.0359. The first-order valence-corrected chi connectivity index (χ1v) is 6.78. The zero-order valence-corrected chi connectivity index (χ0v) is 11.8. The van der Waals surface area contributed by atoms with Gasteiger partial charge >= 0.3 is 0 Å². The first kappa shape index (κ1) is 13.9. The van der Waals surface area contributed by atoms with Crippen LogP contribution in [-0.4, -0.2) is 53.0 Å². The summed E-state index contributed by atoms with van der Waals surface area (Å²) >= 11 is 0. The molecule has 2 aromatic rings. The molecule has 0 amide bonds. The molecule has 0 N–H and O–H groups in total. The molecule has 1 fully saturated rings. The van der Waals surface area contributed by atoms with Crippen molar-refractivity contribution < 1.29 is 14.0 Å². The number of anilines is 1. The van der Waals surface area contributed by atoms with Crippen LogP contribution >= 0.6 is 0 Å². The molecular weight excluding hydrogens is 274 g/mol. The average molecular weight is 291 g/mol. The van der Waals surface area contributed by atoms with Crippen molar-refractivity contribution in [1.82, 2.24) is 20.1 Å². The molecular formula is C13H17N5O3. The summed E-state index contributed by atoms with van der Waals surface area (Å²) < 4.78 is 15.9. The van der Waals surface area contributed by atoms with Crippen molar-refractivity contribution in [3.05, 3.63) is 30.3 Å². The van der Waals surface area contributed by atoms with Crippen LogP contribution in [0.1, 0.15) is 11.7 Å². The van der Waals surface area contributed by atoms with Gasteiger partial charge in [-0.3, -0.25) is 0 Å². The van der Waals surface area contributed by atoms with E-state index in [-0.39, 0.29) is 6.10 Å². The molecule has 1 aliphatic rings. The molecule has 8 nitrogen and oxygen atoms in total. The van der Waals surface area contributed by atoms with Crippen LogP contribution in [-0.2, 0) is 22.5 Å². The van der Waals surface area contributed by atoms with Gasteiger partial charge in [-0.1, -0.05) is 5.16 Å². The Morgan fingerprint density at radius 1 is 1.48 bits per heavy atom. The van der Waals surface area contributed by atoms with Gasteiger partial charge in [0.1, 0.15) is 18.8 Å². The van der Waals surface area contributed by atoms with Crippen molar-refractivity contribution >= 4 is 5.82 Å². The summed E-state index contributed by atoms with van der Waals surface area (Å²) in [5.41, 5.74) is 0. The zero-order valence-electron chi connectivity index (χ0n) is 11.8. The molecule has 0 unspecified atom stereocenters. The van der Waals surface area contributed by atoms with Gasteiger partial charge in [-0.25, -0.2) is 9.97 Å². The van der Waals surface area contributed by atoms with Crippen molar-refractivity contribution in [3.63, 3.8) is 0 Å². The lowest BCUT2D eigenvalue weighted by Gasteiger charge is -2.33. The van der Waals surface area contributed by atoms with Crippen molar-refractivity contribution in [1.29, 1.82) is 0 Å². The van der Waals surface area contributed by atoms with Crippen LogP contribution < -0.4 is 4.90 Å². The van der Waals surface area contributed by atoms with Gasteiger partial charge in [0.2, 0.25) is 5.89 Å². The molecule has 2 aromatic heterocycles. The summed E-state index contributed by atoms with van der Waals surface area (Å²) in [7, 11) is 1.60. The number of hydrogen-bond acceptors (Lipinski definition) is 8. The second-order valence-electron chi connectivity index (χ2n) is 4.75. The Labute approximate surface area is 122 Å². The summed E-state index contributed by atoms with van der Waals surface area (Å²) in [4.78, 5) is 14.6. The molecule has 1 saturated heterocycles. The highest BCUT2D eigenvalue weighted by Gasteiger charge is 2.23. The minimum atomic E-state index is 0.00422. The summed E-state index contributed by atoms with van der Waals surface area (Å²) in [6.45, 7) is 2.54. The van der Waals surface area contributed by atoms with E-state index in [2.05, 4.69) is 25.0 Å². The maximum absolute atomic E-state index is 5.76. The fraction of sp³-hybridized carbons (Fsp3) is 0.538. The minimum absolute atomic E-state index is 0.00422. The van der Waals surface area contributed by atoms with Crippen LogP contribution in [0.2, 0.25) is 0 Å². The molecule has 0 aromatic carbocycles. The van der Waals surface area contributed by atoms with Crippen LogP contribution in [0.4, 0.5) is 5.82 Å². The topological polar surface area (TPSA) is 86.4 Å². The third kappa shape index (κ3) is 3.53. The molecule has 0 bridgehead atoms. The van der Waals surface area contributed by atoms with Crippen molar-refractivity contribution in [2.24, 2.45) is 0 Å². The fourth-order valence-electron chi connectivity index (χ4n) is 2.28. The second-order valence-corrected chi connectivity index (χ2v) is 4.75. The zero-order chi connectivity index (χ0) is 14.5. The Kier molecular flexibility index (Phi) is 4.37. The maximum atomic E-state index is 5.76. The smallest absolute Gasteiger partial charge is 0.229 e. The number of ether oxygens (including phenoxy) is 2. The van der Waals surface area contributed by atoms with E-state index in [0.717, 1.165) is 18.9 Å². The van der Waals surface area contributed by atoms with E-state index in [1.807, 2.05) is 6.07 Å². The highest BCUT2D eigenvalue weighted by atomic mass is 16.5. The summed E-state index contributed by atoms with van der Waals surface area (Å²) in [6.07, 6.45) is 3.87. The van der Waals surface area contributed by atoms with E-state index >= 15 is 0 Å². The van der Waals surface area contributed by atoms with Gasteiger partial charge in [0.15, 0.2) is 5.82 Å². The quantitative estimate of drug-likeness (QED) is 0.785. The van der Waals surface area contributed by atoms with E-state index < -0.39 is 0 Å². The lowest BCUT2D eigenvalue weighted by atomic mass is 10.2. The highest BCUT2D eigenvalue weighted by molar-refractivity contribution is 5.37. The SMILES string of the molecule is COCc1noc(C[C@H]2CN(c3ccncn3)CCO2)n1. The van der Waals surface area contributed by atoms with Gasteiger partial charge in [-0.05, 0) is 6.07 Å². The Bertz CT molecular complexity index is 562. The summed E-state index contributed by atoms with van der Waals surface area (Å²) in [5, 5.41) is 3.85. The molecule has 3 rings (SSSR count). The van der Waals surface area contributed by atoms with E-state index in [0.29, 0.717) is 31.3 Å². The molecule has 8 heteroatoms. The van der Waals surface area contributed by atoms with Gasteiger partial charge < -0.3 is 18.9 Å². The average Bonchev–Trinajstić information content (AvgIpc) is 2.96. The van der Waals surface area contributed by atoms with Crippen molar-refractivity contribution in [2.75, 3.05) is 31.7 Å². The second kappa shape index (κ2) is 6.59. The maximum Gasteiger partial charge on any atom is 0.229 e. The number of aromatic nitrogens is 4. The molecule has 112 valence electrons. The molecule has 0 saturated carbocycles. The molecule has 1 atom stereocenters. The molecule has 0 spiro atoms. The molecule has 0 radical (unpaired) electrons. The third-order valence-electron chi connectivity index (χ3n) is 3.21. The van der Waals surface area contributed by atoms with Crippen LogP contribution in [0, 0.1) is 0 Å². The molecule has 21 heavy (non-hydrogen) atoms. The van der Waals surface area contributed by atoms with Crippen molar-refractivity contribution in [2.45, 2.75) is 19.1 Å². The van der Waals surface area contributed by atoms with Crippen LogP contribution in [0.5, 0.6) is 0 Å². The molecule has 0 aliphatic carbocycles. The number of methoxy groups -OCH3 is 1. The van der Waals surface area contributed by atoms with E-state index in [4.69, 9.17) is 14.0 Å². The Balaban J connectivity index is 1.60. The van der Waals surface area contributed by atoms with Gasteiger partial charge in [0.05, 0.1) is 19.1 Å². The number of nitrogens with zero attached hydrogens (tertiary/aromatic N) is 5. The van der Waals surface area contributed by atoms with Gasteiger partial charge in [0, 0.05) is 26.4 Å². The predicted octanol–water partition coefficient (Wildman–Crippen LogP) is 0.454. The lowest BCUT2D eigenvalue weighted by Crippen LogP contribution is -2.43. The largest absolute Gasteiger partial charge is 0.377 e. The monoisotopic (exact) mass is 291 g/mol. The fourth-order valence-corrected chi connectivity index (χ4v) is 2.28. The van der Waals surface area contributed by atoms with Gasteiger partial charge in [-0.2, -0.15) is 4.98 Å². The Hall–Kier alpha value is -2.06. The van der Waals surface area contributed by atoms with E-state index in [1.165, 1.54) is 0 Å². The highest BCUT2D eigenvalue weighted by Crippen LogP contribution is 2.16. The van der Waals surface area contributed by atoms with Crippen LogP contribution in [0.25, 0.3) is 0 Å². The van der Waals surface area contributed by atoms with Crippen LogP contribution in [0.3, 0.4) is 0 Å². The first-order chi connectivity index (χ1) is 10.3. The number of hydrogen-bond donors (Lipinski definition) is 0. The predicted molar refractivity (Wildman–Crippen MR) is 72.7 cm³/mol. The third-order valence-corrected chi connectivity index (χ3v) is 3.21.